The van der Waals surface area contributed by atoms with Gasteiger partial charge in [0.05, 0.1) is 11.4 Å². The van der Waals surface area contributed by atoms with Crippen molar-refractivity contribution in [2.45, 2.75) is 12.3 Å². The van der Waals surface area contributed by atoms with Crippen LogP contribution in [0.25, 0.3) is 87.5 Å². The Kier molecular flexibility index (Phi) is 7.84. The Hall–Kier alpha value is -6.94. The van der Waals surface area contributed by atoms with E-state index in [1.165, 1.54) is 59.1 Å². The number of rotatable bonds is 6. The van der Waals surface area contributed by atoms with Gasteiger partial charge in [-0.15, -0.1) is 11.3 Å². The van der Waals surface area contributed by atoms with E-state index in [0.717, 1.165) is 39.2 Å². The Morgan fingerprint density at radius 2 is 0.947 bits per heavy atom. The summed E-state index contributed by atoms with van der Waals surface area (Å²) in [5, 5.41) is 2.58. The van der Waals surface area contributed by atoms with Crippen LogP contribution in [0.15, 0.2) is 200 Å². The van der Waals surface area contributed by atoms with Crippen molar-refractivity contribution in [3.05, 3.63) is 217 Å². The van der Waals surface area contributed by atoms with Gasteiger partial charge < -0.3 is 0 Å². The van der Waals surface area contributed by atoms with Gasteiger partial charge >= 0.3 is 0 Å². The van der Waals surface area contributed by atoms with Crippen molar-refractivity contribution in [2.24, 2.45) is 0 Å². The first-order chi connectivity index (χ1) is 28.1. The predicted octanol–water partition coefficient (Wildman–Crippen LogP) is 14.5. The van der Waals surface area contributed by atoms with Gasteiger partial charge in [-0.3, -0.25) is 0 Å². The van der Waals surface area contributed by atoms with Crippen molar-refractivity contribution < 1.29 is 0 Å². The molecule has 0 fully saturated rings. The molecule has 11 rings (SSSR count). The molecular formula is C54H36N2S. The third kappa shape index (κ3) is 5.46. The Labute approximate surface area is 336 Å². The molecule has 3 heteroatoms. The maximum atomic E-state index is 5.27. The maximum absolute atomic E-state index is 5.27. The zero-order chi connectivity index (χ0) is 37.9. The van der Waals surface area contributed by atoms with Crippen molar-refractivity contribution in [2.75, 3.05) is 0 Å². The standard InChI is InChI=1S/C54H36N2S/c1-54(47-26-10-7-20-41(47)42-21-8-11-27-48(42)54)39-31-29-35(30-32-39)37-17-13-18-38(33-37)49-34-50(56-53(55-49)36-15-3-2-4-16-36)43-22-6-5-19-40(43)45-24-14-25-46-44-23-9-12-28-51(44)57-52(45)46/h2-34H,1H3. The van der Waals surface area contributed by atoms with Crippen LogP contribution in [-0.4, -0.2) is 9.97 Å². The Morgan fingerprint density at radius 3 is 1.72 bits per heavy atom. The fraction of sp³-hybridized carbons (Fsp3) is 0.0370. The molecule has 1 aliphatic carbocycles. The van der Waals surface area contributed by atoms with Gasteiger partial charge in [0.25, 0.3) is 0 Å². The lowest BCUT2D eigenvalue weighted by molar-refractivity contribution is 0.714. The van der Waals surface area contributed by atoms with Crippen LogP contribution in [0.5, 0.6) is 0 Å². The average Bonchev–Trinajstić information content (AvgIpc) is 3.80. The molecule has 0 amide bonds. The number of hydrogen-bond donors (Lipinski definition) is 0. The molecule has 0 saturated carbocycles. The van der Waals surface area contributed by atoms with Gasteiger partial charge in [0.15, 0.2) is 5.82 Å². The van der Waals surface area contributed by atoms with Crippen molar-refractivity contribution in [1.82, 2.24) is 9.97 Å². The molecule has 8 aromatic carbocycles. The summed E-state index contributed by atoms with van der Waals surface area (Å²) >= 11 is 1.86. The number of nitrogens with zero attached hydrogens (tertiary/aromatic N) is 2. The lowest BCUT2D eigenvalue weighted by Gasteiger charge is -2.28. The highest BCUT2D eigenvalue weighted by atomic mass is 32.1. The molecule has 268 valence electrons. The summed E-state index contributed by atoms with van der Waals surface area (Å²) in [5.74, 6) is 0.707. The third-order valence-electron chi connectivity index (χ3n) is 11.8. The van der Waals surface area contributed by atoms with E-state index in [9.17, 15) is 0 Å². The SMILES string of the molecule is CC1(c2ccc(-c3cccc(-c4cc(-c5ccccc5-c5cccc6c5sc5ccccc56)nc(-c5ccccc5)n4)c3)cc2)c2ccccc2-c2ccccc21. The van der Waals surface area contributed by atoms with E-state index in [-0.39, 0.29) is 5.41 Å². The van der Waals surface area contributed by atoms with Crippen molar-refractivity contribution >= 4 is 31.5 Å². The normalized spacial score (nSPS) is 12.8. The van der Waals surface area contributed by atoms with E-state index in [4.69, 9.17) is 9.97 Å². The fourth-order valence-corrected chi connectivity index (χ4v) is 10.2. The van der Waals surface area contributed by atoms with Crippen molar-refractivity contribution in [1.29, 1.82) is 0 Å². The van der Waals surface area contributed by atoms with E-state index < -0.39 is 0 Å². The largest absolute Gasteiger partial charge is 0.228 e. The predicted molar refractivity (Wildman–Crippen MR) is 240 cm³/mol. The van der Waals surface area contributed by atoms with Crippen LogP contribution in [0.1, 0.15) is 23.6 Å². The van der Waals surface area contributed by atoms with E-state index >= 15 is 0 Å². The molecule has 0 saturated heterocycles. The van der Waals surface area contributed by atoms with Gasteiger partial charge in [-0.2, -0.15) is 0 Å². The summed E-state index contributed by atoms with van der Waals surface area (Å²) in [6.07, 6.45) is 0. The van der Waals surface area contributed by atoms with Crippen LogP contribution >= 0.6 is 11.3 Å². The molecule has 10 aromatic rings. The summed E-state index contributed by atoms with van der Waals surface area (Å²) < 4.78 is 2.59. The minimum atomic E-state index is -0.225. The quantitative estimate of drug-likeness (QED) is 0.169. The number of hydrogen-bond acceptors (Lipinski definition) is 3. The van der Waals surface area contributed by atoms with Gasteiger partial charge in [-0.1, -0.05) is 182 Å². The first-order valence-electron chi connectivity index (χ1n) is 19.5. The average molecular weight is 745 g/mol. The zero-order valence-electron chi connectivity index (χ0n) is 31.4. The Morgan fingerprint density at radius 1 is 0.386 bits per heavy atom. The number of thiophene rings is 1. The van der Waals surface area contributed by atoms with Crippen LogP contribution in [-0.2, 0) is 5.41 Å². The fourth-order valence-electron chi connectivity index (χ4n) is 8.97. The summed E-state index contributed by atoms with van der Waals surface area (Å²) in [6, 6.07) is 72.1. The highest BCUT2D eigenvalue weighted by Crippen LogP contribution is 2.52. The lowest BCUT2D eigenvalue weighted by Crippen LogP contribution is -2.22. The monoisotopic (exact) mass is 744 g/mol. The van der Waals surface area contributed by atoms with Gasteiger partial charge in [-0.05, 0) is 69.6 Å². The number of benzene rings is 8. The van der Waals surface area contributed by atoms with Crippen LogP contribution in [0.4, 0.5) is 0 Å². The van der Waals surface area contributed by atoms with Gasteiger partial charge in [0.2, 0.25) is 0 Å². The summed E-state index contributed by atoms with van der Waals surface area (Å²) in [4.78, 5) is 10.5. The van der Waals surface area contributed by atoms with Crippen molar-refractivity contribution in [3.8, 4) is 67.3 Å². The number of fused-ring (bicyclic) bond motifs is 6. The van der Waals surface area contributed by atoms with E-state index in [0.29, 0.717) is 5.82 Å². The van der Waals surface area contributed by atoms with E-state index in [1.807, 2.05) is 17.4 Å². The molecular weight excluding hydrogens is 709 g/mol. The molecule has 2 aromatic heterocycles. The molecule has 0 unspecified atom stereocenters. The molecule has 2 heterocycles. The molecule has 0 spiro atoms. The smallest absolute Gasteiger partial charge is 0.160 e. The minimum Gasteiger partial charge on any atom is -0.228 e. The van der Waals surface area contributed by atoms with Crippen LogP contribution < -0.4 is 0 Å². The maximum Gasteiger partial charge on any atom is 0.160 e. The lowest BCUT2D eigenvalue weighted by atomic mass is 9.74. The minimum absolute atomic E-state index is 0.225. The van der Waals surface area contributed by atoms with E-state index in [2.05, 4.69) is 201 Å². The van der Waals surface area contributed by atoms with Crippen LogP contribution in [0.3, 0.4) is 0 Å². The Bertz CT molecular complexity index is 3090. The second-order valence-electron chi connectivity index (χ2n) is 15.0. The molecule has 57 heavy (non-hydrogen) atoms. The summed E-state index contributed by atoms with van der Waals surface area (Å²) in [5.41, 5.74) is 16.0. The van der Waals surface area contributed by atoms with E-state index in [1.54, 1.807) is 0 Å². The van der Waals surface area contributed by atoms with Crippen LogP contribution in [0, 0.1) is 0 Å². The highest BCUT2D eigenvalue weighted by molar-refractivity contribution is 7.26. The van der Waals surface area contributed by atoms with Crippen LogP contribution in [0.2, 0.25) is 0 Å². The topological polar surface area (TPSA) is 25.8 Å². The molecule has 0 bridgehead atoms. The summed E-state index contributed by atoms with van der Waals surface area (Å²) in [6.45, 7) is 2.37. The molecule has 0 aliphatic heterocycles. The second kappa shape index (κ2) is 13.4. The molecule has 0 N–H and O–H groups in total. The second-order valence-corrected chi connectivity index (χ2v) is 16.1. The number of aromatic nitrogens is 2. The third-order valence-corrected chi connectivity index (χ3v) is 13.1. The molecule has 1 aliphatic rings. The molecule has 2 nitrogen and oxygen atoms in total. The molecule has 0 radical (unpaired) electrons. The Balaban J connectivity index is 1.01. The highest BCUT2D eigenvalue weighted by Gasteiger charge is 2.40. The first-order valence-corrected chi connectivity index (χ1v) is 20.3. The van der Waals surface area contributed by atoms with Gasteiger partial charge in [0, 0.05) is 47.8 Å². The molecule has 0 atom stereocenters. The first kappa shape index (κ1) is 33.4. The van der Waals surface area contributed by atoms with Gasteiger partial charge in [-0.25, -0.2) is 9.97 Å². The zero-order valence-corrected chi connectivity index (χ0v) is 32.2. The van der Waals surface area contributed by atoms with Gasteiger partial charge in [0.1, 0.15) is 0 Å². The van der Waals surface area contributed by atoms with Crippen molar-refractivity contribution in [3.63, 3.8) is 0 Å². The summed E-state index contributed by atoms with van der Waals surface area (Å²) in [7, 11) is 0.